The number of nitrogens with zero attached hydrogens (tertiary/aromatic N) is 3. The minimum absolute atomic E-state index is 0.109. The summed E-state index contributed by atoms with van der Waals surface area (Å²) < 4.78 is 0. The zero-order valence-electron chi connectivity index (χ0n) is 11.2. The van der Waals surface area contributed by atoms with E-state index < -0.39 is 0 Å². The molecule has 1 aromatic rings. The molecule has 0 bridgehead atoms. The Balaban J connectivity index is 1.85. The van der Waals surface area contributed by atoms with E-state index in [1.807, 2.05) is 37.3 Å². The van der Waals surface area contributed by atoms with Crippen molar-refractivity contribution in [3.63, 3.8) is 0 Å². The molecule has 0 fully saturated rings. The van der Waals surface area contributed by atoms with Gasteiger partial charge in [0.05, 0.1) is 6.21 Å². The topological polar surface area (TPSA) is 74.1 Å². The van der Waals surface area contributed by atoms with Crippen molar-refractivity contribution in [2.45, 2.75) is 19.8 Å². The Morgan fingerprint density at radius 3 is 2.90 bits per heavy atom. The van der Waals surface area contributed by atoms with Gasteiger partial charge in [-0.25, -0.2) is 10.4 Å². The fourth-order valence-electron chi connectivity index (χ4n) is 1.74. The summed E-state index contributed by atoms with van der Waals surface area (Å²) in [6, 6.07) is 9.41. The van der Waals surface area contributed by atoms with Crippen molar-refractivity contribution >= 4 is 23.7 Å². The predicted molar refractivity (Wildman–Crippen MR) is 76.2 cm³/mol. The minimum Gasteiger partial charge on any atom is -0.273 e. The van der Waals surface area contributed by atoms with Crippen LogP contribution < -0.4 is 5.43 Å². The predicted octanol–water partition coefficient (Wildman–Crippen LogP) is 1.13. The molecule has 1 N–H and O–H groups in total. The number of hydrogen-bond acceptors (Lipinski definition) is 4. The summed E-state index contributed by atoms with van der Waals surface area (Å²) in [4.78, 5) is 23.2. The van der Waals surface area contributed by atoms with Crippen LogP contribution in [0.3, 0.4) is 0 Å². The van der Waals surface area contributed by atoms with E-state index in [0.717, 1.165) is 11.3 Å². The van der Waals surface area contributed by atoms with E-state index in [1.54, 1.807) is 6.21 Å². The van der Waals surface area contributed by atoms with Crippen molar-refractivity contribution in [1.82, 2.24) is 10.4 Å². The van der Waals surface area contributed by atoms with Gasteiger partial charge in [0.15, 0.2) is 0 Å². The zero-order chi connectivity index (χ0) is 14.4. The highest BCUT2D eigenvalue weighted by molar-refractivity contribution is 5.93. The number of amides is 2. The third kappa shape index (κ3) is 4.01. The maximum Gasteiger partial charge on any atom is 0.261 e. The molecule has 2 rings (SSSR count). The molecule has 0 aliphatic carbocycles. The third-order valence-electron chi connectivity index (χ3n) is 2.78. The van der Waals surface area contributed by atoms with Gasteiger partial charge in [0.1, 0.15) is 6.54 Å². The monoisotopic (exact) mass is 272 g/mol. The zero-order valence-corrected chi connectivity index (χ0v) is 11.2. The van der Waals surface area contributed by atoms with Crippen LogP contribution in [0.15, 0.2) is 40.5 Å². The molecule has 6 heteroatoms. The molecule has 1 aromatic carbocycles. The van der Waals surface area contributed by atoms with E-state index in [9.17, 15) is 9.59 Å². The Morgan fingerprint density at radius 1 is 1.40 bits per heavy atom. The second-order valence-electron chi connectivity index (χ2n) is 4.49. The van der Waals surface area contributed by atoms with Crippen LogP contribution in [0, 0.1) is 0 Å². The van der Waals surface area contributed by atoms with E-state index in [2.05, 4.69) is 15.6 Å². The van der Waals surface area contributed by atoms with Crippen LogP contribution in [0.4, 0.5) is 0 Å². The SMILES string of the molecule is CC1=NN(CC(=O)N/N=C/c2ccccc2)C(=O)CC1. The van der Waals surface area contributed by atoms with Crippen molar-refractivity contribution in [3.05, 3.63) is 35.9 Å². The standard InChI is InChI=1S/C14H16N4O2/c1-11-7-8-14(20)18(17-11)10-13(19)16-15-9-12-5-3-2-4-6-12/h2-6,9H,7-8,10H2,1H3,(H,16,19)/b15-9+. The first-order valence-electron chi connectivity index (χ1n) is 6.36. The maximum atomic E-state index is 11.7. The smallest absolute Gasteiger partial charge is 0.261 e. The Hall–Kier alpha value is -2.50. The summed E-state index contributed by atoms with van der Waals surface area (Å²) in [7, 11) is 0. The molecule has 0 aromatic heterocycles. The number of carbonyl (C=O) groups excluding carboxylic acids is 2. The molecular weight excluding hydrogens is 256 g/mol. The lowest BCUT2D eigenvalue weighted by Gasteiger charge is -2.21. The van der Waals surface area contributed by atoms with E-state index in [-0.39, 0.29) is 18.4 Å². The van der Waals surface area contributed by atoms with Crippen LogP contribution in [-0.2, 0) is 9.59 Å². The normalized spacial score (nSPS) is 15.3. The summed E-state index contributed by atoms with van der Waals surface area (Å²) >= 11 is 0. The van der Waals surface area contributed by atoms with Crippen molar-refractivity contribution in [3.8, 4) is 0 Å². The summed E-state index contributed by atoms with van der Waals surface area (Å²) in [5.41, 5.74) is 4.12. The first-order valence-corrected chi connectivity index (χ1v) is 6.36. The molecule has 0 saturated heterocycles. The van der Waals surface area contributed by atoms with Crippen LogP contribution in [0.1, 0.15) is 25.3 Å². The molecule has 0 radical (unpaired) electrons. The van der Waals surface area contributed by atoms with Crippen LogP contribution >= 0.6 is 0 Å². The fraction of sp³-hybridized carbons (Fsp3) is 0.286. The largest absolute Gasteiger partial charge is 0.273 e. The average molecular weight is 272 g/mol. The molecule has 0 saturated carbocycles. The van der Waals surface area contributed by atoms with Gasteiger partial charge >= 0.3 is 0 Å². The number of benzene rings is 1. The lowest BCUT2D eigenvalue weighted by molar-refractivity contribution is -0.136. The van der Waals surface area contributed by atoms with Gasteiger partial charge in [-0.2, -0.15) is 10.2 Å². The fourth-order valence-corrected chi connectivity index (χ4v) is 1.74. The number of hydrogen-bond donors (Lipinski definition) is 1. The van der Waals surface area contributed by atoms with Gasteiger partial charge < -0.3 is 0 Å². The molecule has 2 amide bonds. The molecule has 1 aliphatic rings. The Labute approximate surface area is 117 Å². The molecule has 0 unspecified atom stereocenters. The van der Waals surface area contributed by atoms with Gasteiger partial charge in [-0.15, -0.1) is 0 Å². The molecule has 0 spiro atoms. The number of carbonyl (C=O) groups is 2. The minimum atomic E-state index is -0.371. The van der Waals surface area contributed by atoms with Gasteiger partial charge in [-0.3, -0.25) is 9.59 Å². The Morgan fingerprint density at radius 2 is 2.15 bits per heavy atom. The van der Waals surface area contributed by atoms with Gasteiger partial charge in [-0.05, 0) is 18.9 Å². The Bertz CT molecular complexity index is 552. The molecule has 1 aliphatic heterocycles. The van der Waals surface area contributed by atoms with Crippen molar-refractivity contribution < 1.29 is 9.59 Å². The number of rotatable bonds is 4. The van der Waals surface area contributed by atoms with Crippen LogP contribution in [0.2, 0.25) is 0 Å². The second-order valence-corrected chi connectivity index (χ2v) is 4.49. The summed E-state index contributed by atoms with van der Waals surface area (Å²) in [5, 5.41) is 9.08. The highest BCUT2D eigenvalue weighted by Crippen LogP contribution is 2.08. The van der Waals surface area contributed by atoms with Crippen LogP contribution in [-0.4, -0.2) is 35.3 Å². The average Bonchev–Trinajstić information content (AvgIpc) is 2.44. The lowest BCUT2D eigenvalue weighted by atomic mass is 10.2. The number of nitrogens with one attached hydrogen (secondary N) is 1. The molecular formula is C14H16N4O2. The lowest BCUT2D eigenvalue weighted by Crippen LogP contribution is -2.38. The first-order chi connectivity index (χ1) is 9.65. The third-order valence-corrected chi connectivity index (χ3v) is 2.78. The molecule has 6 nitrogen and oxygen atoms in total. The first kappa shape index (κ1) is 13.9. The Kier molecular flexibility index (Phi) is 4.60. The van der Waals surface area contributed by atoms with Crippen molar-refractivity contribution in [1.29, 1.82) is 0 Å². The molecule has 104 valence electrons. The van der Waals surface area contributed by atoms with E-state index in [1.165, 1.54) is 5.01 Å². The molecule has 1 heterocycles. The highest BCUT2D eigenvalue weighted by atomic mass is 16.2. The van der Waals surface area contributed by atoms with E-state index in [4.69, 9.17) is 0 Å². The van der Waals surface area contributed by atoms with Crippen molar-refractivity contribution in [2.75, 3.05) is 6.54 Å². The highest BCUT2D eigenvalue weighted by Gasteiger charge is 2.20. The maximum absolute atomic E-state index is 11.7. The van der Waals surface area contributed by atoms with Crippen LogP contribution in [0.25, 0.3) is 0 Å². The second kappa shape index (κ2) is 6.60. The van der Waals surface area contributed by atoms with Gasteiger partial charge in [0, 0.05) is 12.1 Å². The van der Waals surface area contributed by atoms with Gasteiger partial charge in [0.2, 0.25) is 5.91 Å². The van der Waals surface area contributed by atoms with Gasteiger partial charge in [-0.1, -0.05) is 30.3 Å². The van der Waals surface area contributed by atoms with Crippen molar-refractivity contribution in [2.24, 2.45) is 10.2 Å². The van der Waals surface area contributed by atoms with E-state index in [0.29, 0.717) is 12.8 Å². The van der Waals surface area contributed by atoms with Gasteiger partial charge in [0.25, 0.3) is 5.91 Å². The number of hydrazone groups is 2. The summed E-state index contributed by atoms with van der Waals surface area (Å²) in [6.45, 7) is 1.73. The quantitative estimate of drug-likeness (QED) is 0.659. The summed E-state index contributed by atoms with van der Waals surface area (Å²) in [5.74, 6) is -0.512. The summed E-state index contributed by atoms with van der Waals surface area (Å²) in [6.07, 6.45) is 2.60. The molecule has 20 heavy (non-hydrogen) atoms. The molecule has 0 atom stereocenters. The van der Waals surface area contributed by atoms with E-state index >= 15 is 0 Å². The van der Waals surface area contributed by atoms with Crippen LogP contribution in [0.5, 0.6) is 0 Å².